The quantitative estimate of drug-likeness (QED) is 0.136. The highest BCUT2D eigenvalue weighted by Crippen LogP contribution is 2.44. The second-order valence-electron chi connectivity index (χ2n) is 9.24. The molecule has 1 atom stereocenters. The second kappa shape index (κ2) is 13.0. The number of fused-ring (bicyclic) bond motifs is 1. The van der Waals surface area contributed by atoms with E-state index >= 15 is 0 Å². The standard InChI is InChI=1S/C31H29ClN4O3S/c1-4-5-23(18-29-33-35-36-34-29)22-7-9-24(10-8-22)39-19-21-6-13-28-27(17-21)30(31(32)40-28)26-12-11-25(16-20(26)2)38-15-14-37-3/h6-13,16-17,23H,14-15,18-19H2,1-3H3,(H,33,34,35,36). The first-order valence-corrected chi connectivity index (χ1v) is 14.1. The normalized spacial score (nSPS) is 11.7. The molecule has 0 spiro atoms. The van der Waals surface area contributed by atoms with E-state index in [9.17, 15) is 0 Å². The van der Waals surface area contributed by atoms with Crippen LogP contribution in [0.1, 0.15) is 35.4 Å². The monoisotopic (exact) mass is 572 g/mol. The molecule has 1 unspecified atom stereocenters. The van der Waals surface area contributed by atoms with E-state index in [2.05, 4.69) is 63.7 Å². The zero-order valence-electron chi connectivity index (χ0n) is 22.5. The number of thiophene rings is 1. The Balaban J connectivity index is 1.31. The van der Waals surface area contributed by atoms with Gasteiger partial charge < -0.3 is 14.2 Å². The smallest absolute Gasteiger partial charge is 0.176 e. The van der Waals surface area contributed by atoms with Gasteiger partial charge >= 0.3 is 0 Å². The van der Waals surface area contributed by atoms with E-state index in [1.165, 1.54) is 0 Å². The molecule has 0 aliphatic heterocycles. The number of aromatic amines is 1. The minimum absolute atomic E-state index is 0.0183. The molecule has 5 aromatic rings. The van der Waals surface area contributed by atoms with Gasteiger partial charge in [-0.2, -0.15) is 5.21 Å². The molecule has 0 saturated heterocycles. The van der Waals surface area contributed by atoms with Crippen LogP contribution >= 0.6 is 22.9 Å². The van der Waals surface area contributed by atoms with Crippen molar-refractivity contribution in [2.75, 3.05) is 20.3 Å². The summed E-state index contributed by atoms with van der Waals surface area (Å²) < 4.78 is 18.9. The number of tetrazole rings is 1. The lowest BCUT2D eigenvalue weighted by Crippen LogP contribution is -2.04. The highest BCUT2D eigenvalue weighted by Gasteiger charge is 2.16. The number of aryl methyl sites for hydroxylation is 1. The van der Waals surface area contributed by atoms with Crippen LogP contribution in [-0.4, -0.2) is 40.9 Å². The van der Waals surface area contributed by atoms with E-state index in [4.69, 9.17) is 25.8 Å². The summed E-state index contributed by atoms with van der Waals surface area (Å²) in [6.45, 7) is 5.41. The second-order valence-corrected chi connectivity index (χ2v) is 10.9. The fraction of sp³-hybridized carbons (Fsp3) is 0.258. The summed E-state index contributed by atoms with van der Waals surface area (Å²) in [5.41, 5.74) is 5.38. The Hall–Kier alpha value is -3.90. The summed E-state index contributed by atoms with van der Waals surface area (Å²) >= 11 is 8.35. The summed E-state index contributed by atoms with van der Waals surface area (Å²) in [5, 5.41) is 15.4. The van der Waals surface area contributed by atoms with Gasteiger partial charge in [-0.1, -0.05) is 47.0 Å². The first-order chi connectivity index (χ1) is 19.6. The van der Waals surface area contributed by atoms with Crippen molar-refractivity contribution < 1.29 is 14.2 Å². The van der Waals surface area contributed by atoms with E-state index in [1.54, 1.807) is 18.4 Å². The topological polar surface area (TPSA) is 82.2 Å². The summed E-state index contributed by atoms with van der Waals surface area (Å²) in [4.78, 5) is 0. The Morgan fingerprint density at radius 3 is 2.55 bits per heavy atom. The molecule has 0 saturated carbocycles. The van der Waals surface area contributed by atoms with Gasteiger partial charge in [-0.05, 0) is 72.5 Å². The number of methoxy groups -OCH3 is 1. The Labute approximate surface area is 242 Å². The Morgan fingerprint density at radius 2 is 1.82 bits per heavy atom. The summed E-state index contributed by atoms with van der Waals surface area (Å²) in [5.74, 6) is 8.46. The molecule has 204 valence electrons. The number of aromatic nitrogens is 4. The van der Waals surface area contributed by atoms with E-state index in [0.29, 0.717) is 32.1 Å². The number of hydrogen-bond acceptors (Lipinski definition) is 7. The first kappa shape index (κ1) is 27.7. The maximum Gasteiger partial charge on any atom is 0.176 e. The first-order valence-electron chi connectivity index (χ1n) is 12.9. The van der Waals surface area contributed by atoms with Gasteiger partial charge in [-0.15, -0.1) is 27.5 Å². The van der Waals surface area contributed by atoms with Crippen molar-refractivity contribution in [3.05, 3.63) is 87.5 Å². The third-order valence-corrected chi connectivity index (χ3v) is 7.89. The predicted molar refractivity (Wildman–Crippen MR) is 159 cm³/mol. The van der Waals surface area contributed by atoms with Gasteiger partial charge in [0.25, 0.3) is 0 Å². The number of hydrogen-bond donors (Lipinski definition) is 1. The summed E-state index contributed by atoms with van der Waals surface area (Å²) in [7, 11) is 1.66. The van der Waals surface area contributed by atoms with Crippen molar-refractivity contribution in [2.24, 2.45) is 0 Å². The number of benzene rings is 3. The number of nitrogens with zero attached hydrogens (tertiary/aromatic N) is 3. The van der Waals surface area contributed by atoms with Gasteiger partial charge in [0, 0.05) is 29.2 Å². The van der Waals surface area contributed by atoms with Gasteiger partial charge in [0.2, 0.25) is 0 Å². The van der Waals surface area contributed by atoms with Crippen molar-refractivity contribution in [1.29, 1.82) is 0 Å². The Morgan fingerprint density at radius 1 is 1.00 bits per heavy atom. The zero-order chi connectivity index (χ0) is 27.9. The molecule has 0 radical (unpaired) electrons. The van der Waals surface area contributed by atoms with Crippen LogP contribution in [-0.2, 0) is 17.8 Å². The number of ether oxygens (including phenoxy) is 3. The molecule has 2 heterocycles. The molecule has 40 heavy (non-hydrogen) atoms. The maximum absolute atomic E-state index is 6.77. The lowest BCUT2D eigenvalue weighted by atomic mass is 9.96. The van der Waals surface area contributed by atoms with Crippen molar-refractivity contribution in [2.45, 2.75) is 32.8 Å². The molecule has 0 fully saturated rings. The molecular formula is C31H29ClN4O3S. The van der Waals surface area contributed by atoms with Crippen LogP contribution in [0.5, 0.6) is 11.5 Å². The van der Waals surface area contributed by atoms with Gasteiger partial charge in [-0.25, -0.2) is 0 Å². The lowest BCUT2D eigenvalue weighted by Gasteiger charge is -2.12. The average Bonchev–Trinajstić information content (AvgIpc) is 3.59. The number of rotatable bonds is 11. The zero-order valence-corrected chi connectivity index (χ0v) is 24.1. The molecular weight excluding hydrogens is 544 g/mol. The van der Waals surface area contributed by atoms with Crippen molar-refractivity contribution in [3.63, 3.8) is 0 Å². The Kier molecular flexibility index (Phi) is 8.97. The fourth-order valence-corrected chi connectivity index (χ4v) is 5.92. The molecule has 3 aromatic carbocycles. The minimum atomic E-state index is -0.0183. The SMILES string of the molecule is CC#CC(Cc1nn[nH]n1)c1ccc(OCc2ccc3sc(Cl)c(-c4ccc(OCCOC)cc4C)c3c2)cc1. The van der Waals surface area contributed by atoms with Gasteiger partial charge in [0.1, 0.15) is 29.0 Å². The highest BCUT2D eigenvalue weighted by atomic mass is 35.5. The molecule has 0 bridgehead atoms. The van der Waals surface area contributed by atoms with Crippen molar-refractivity contribution >= 4 is 33.0 Å². The maximum atomic E-state index is 6.77. The molecule has 2 aromatic heterocycles. The largest absolute Gasteiger partial charge is 0.491 e. The van der Waals surface area contributed by atoms with Crippen LogP contribution in [0.4, 0.5) is 0 Å². The van der Waals surface area contributed by atoms with E-state index < -0.39 is 0 Å². The fourth-order valence-electron chi connectivity index (χ4n) is 4.55. The molecule has 5 rings (SSSR count). The van der Waals surface area contributed by atoms with Crippen LogP contribution in [0.2, 0.25) is 4.34 Å². The van der Waals surface area contributed by atoms with Gasteiger partial charge in [0.05, 0.1) is 12.5 Å². The van der Waals surface area contributed by atoms with Crippen LogP contribution in [0.3, 0.4) is 0 Å². The van der Waals surface area contributed by atoms with Crippen LogP contribution in [0.25, 0.3) is 21.2 Å². The van der Waals surface area contributed by atoms with Crippen LogP contribution in [0, 0.1) is 18.8 Å². The average molecular weight is 573 g/mol. The molecule has 9 heteroatoms. The third kappa shape index (κ3) is 6.45. The molecule has 0 aliphatic carbocycles. The number of H-pyrrole nitrogens is 1. The Bertz CT molecular complexity index is 1640. The van der Waals surface area contributed by atoms with Gasteiger partial charge in [-0.3, -0.25) is 0 Å². The molecule has 7 nitrogen and oxygen atoms in total. The molecule has 0 amide bonds. The highest BCUT2D eigenvalue weighted by molar-refractivity contribution is 7.23. The molecule has 1 N–H and O–H groups in total. The van der Waals surface area contributed by atoms with Crippen molar-refractivity contribution in [3.8, 4) is 34.5 Å². The van der Waals surface area contributed by atoms with E-state index in [1.807, 2.05) is 43.3 Å². The number of halogens is 1. The van der Waals surface area contributed by atoms with Crippen LogP contribution < -0.4 is 9.47 Å². The van der Waals surface area contributed by atoms with Crippen molar-refractivity contribution in [1.82, 2.24) is 20.6 Å². The van der Waals surface area contributed by atoms with Crippen LogP contribution in [0.15, 0.2) is 60.7 Å². The predicted octanol–water partition coefficient (Wildman–Crippen LogP) is 7.00. The summed E-state index contributed by atoms with van der Waals surface area (Å²) in [6.07, 6.45) is 0.589. The number of nitrogens with one attached hydrogen (secondary N) is 1. The lowest BCUT2D eigenvalue weighted by molar-refractivity contribution is 0.146. The van der Waals surface area contributed by atoms with E-state index in [0.717, 1.165) is 53.7 Å². The summed E-state index contributed by atoms with van der Waals surface area (Å²) in [6, 6.07) is 20.5. The molecule has 0 aliphatic rings. The van der Waals surface area contributed by atoms with E-state index in [-0.39, 0.29) is 5.92 Å². The minimum Gasteiger partial charge on any atom is -0.491 e. The third-order valence-electron chi connectivity index (χ3n) is 6.52. The van der Waals surface area contributed by atoms with Gasteiger partial charge in [0.15, 0.2) is 5.82 Å².